The minimum Gasteiger partial charge on any atom is -0.429 e. The van der Waals surface area contributed by atoms with Crippen molar-refractivity contribution in [2.24, 2.45) is 0 Å². The van der Waals surface area contributed by atoms with Crippen LogP contribution in [-0.2, 0) is 4.74 Å². The second-order valence-corrected chi connectivity index (χ2v) is 12.7. The van der Waals surface area contributed by atoms with Crippen LogP contribution < -0.4 is 20.4 Å². The molecule has 4 atom stereocenters. The number of hydrogen-bond donors (Lipinski definition) is 2. The minimum absolute atomic E-state index is 0.0633. The molecule has 0 radical (unpaired) electrons. The van der Waals surface area contributed by atoms with E-state index in [0.717, 1.165) is 65.0 Å². The summed E-state index contributed by atoms with van der Waals surface area (Å²) < 4.78 is 29.0. The largest absolute Gasteiger partial charge is 0.514 e. The fourth-order valence-corrected chi connectivity index (χ4v) is 7.31. The first-order valence-electron chi connectivity index (χ1n) is 16.1. The lowest BCUT2D eigenvalue weighted by Crippen LogP contribution is -2.54. The van der Waals surface area contributed by atoms with E-state index in [2.05, 4.69) is 27.3 Å². The van der Waals surface area contributed by atoms with Crippen molar-refractivity contribution in [2.75, 3.05) is 57.3 Å². The van der Waals surface area contributed by atoms with Gasteiger partial charge in [-0.1, -0.05) is 24.3 Å². The number of carbonyl (C=O) groups is 1. The van der Waals surface area contributed by atoms with Crippen molar-refractivity contribution in [1.29, 1.82) is 0 Å². The molecule has 4 unspecified atom stereocenters. The molecule has 10 nitrogen and oxygen atoms in total. The van der Waals surface area contributed by atoms with E-state index in [1.807, 2.05) is 21.6 Å². The fraction of sp³-hybridized carbons (Fsp3) is 0.576. The van der Waals surface area contributed by atoms with Crippen LogP contribution in [0.25, 0.3) is 10.9 Å². The number of nitrogens with one attached hydrogen (secondary N) is 1. The van der Waals surface area contributed by atoms with Crippen LogP contribution in [0, 0.1) is 5.82 Å². The summed E-state index contributed by atoms with van der Waals surface area (Å²) in [5.41, 5.74) is 0.583. The Bertz CT molecular complexity index is 1490. The van der Waals surface area contributed by atoms with Gasteiger partial charge in [0.25, 0.3) is 0 Å². The summed E-state index contributed by atoms with van der Waals surface area (Å²) in [5, 5.41) is 14.0. The van der Waals surface area contributed by atoms with Crippen molar-refractivity contribution in [1.82, 2.24) is 19.7 Å². The van der Waals surface area contributed by atoms with E-state index in [-0.39, 0.29) is 41.5 Å². The highest BCUT2D eigenvalue weighted by Crippen LogP contribution is 2.39. The predicted octanol–water partition coefficient (Wildman–Crippen LogP) is 3.18. The topological polar surface area (TPSA) is 99.5 Å². The molecule has 0 bridgehead atoms. The molecule has 1 saturated carbocycles. The summed E-state index contributed by atoms with van der Waals surface area (Å²) >= 11 is 0. The van der Waals surface area contributed by atoms with Crippen LogP contribution in [-0.4, -0.2) is 102 Å². The molecule has 2 aliphatic heterocycles. The van der Waals surface area contributed by atoms with Gasteiger partial charge in [-0.3, -0.25) is 14.6 Å². The number of aliphatic hydroxyl groups excluding tert-OH is 1. The number of piperazine rings is 2. The number of anilines is 1. The number of fused-ring (bicyclic) bond motifs is 1. The van der Waals surface area contributed by atoms with E-state index >= 15 is 4.39 Å². The number of benzene rings is 1. The summed E-state index contributed by atoms with van der Waals surface area (Å²) in [5.74, 6) is -0.612. The standard InChI is InChI=1S/C33H42FN5O5/c34-24-19-23-27(20-28(24)38-17-15-37(16-18-38)25-5-1-3-7-29(25)40)39(22-9-10-22)21-31(32(23)41)44-33(42)43-30-8-4-2-6-26(30)36-13-11-35-12-14-36/h1-4,19-22,25-26,29-30,35,40H,5-18H2. The monoisotopic (exact) mass is 607 g/mol. The number of aromatic nitrogens is 1. The second kappa shape index (κ2) is 12.6. The normalized spacial score (nSPS) is 28.4. The van der Waals surface area contributed by atoms with Gasteiger partial charge in [0, 0.05) is 70.9 Å². The van der Waals surface area contributed by atoms with Crippen molar-refractivity contribution >= 4 is 22.7 Å². The molecular weight excluding hydrogens is 565 g/mol. The second-order valence-electron chi connectivity index (χ2n) is 12.7. The SMILES string of the molecule is O=C(Oc1cn(C2CC2)c2cc(N3CCN(C4CC=CCC4O)CC3)c(F)cc2c1=O)OC1CC=CCC1N1CCNCC1. The average Bonchev–Trinajstić information content (AvgIpc) is 3.89. The lowest BCUT2D eigenvalue weighted by Gasteiger charge is -2.42. The Morgan fingerprint density at radius 1 is 0.886 bits per heavy atom. The number of aliphatic hydroxyl groups is 1. The molecule has 2 aromatic rings. The number of carbonyl (C=O) groups excluding carboxylic acids is 1. The lowest BCUT2D eigenvalue weighted by atomic mass is 9.96. The highest BCUT2D eigenvalue weighted by atomic mass is 19.1. The Kier molecular flexibility index (Phi) is 8.46. The molecule has 2 saturated heterocycles. The Morgan fingerprint density at radius 3 is 2.30 bits per heavy atom. The van der Waals surface area contributed by atoms with Gasteiger partial charge in [-0.15, -0.1) is 0 Å². The van der Waals surface area contributed by atoms with Crippen molar-refractivity contribution in [3.05, 3.63) is 58.7 Å². The summed E-state index contributed by atoms with van der Waals surface area (Å²) in [6, 6.07) is 3.38. The Balaban J connectivity index is 1.09. The summed E-state index contributed by atoms with van der Waals surface area (Å²) in [6.45, 7) is 6.26. The molecule has 3 heterocycles. The van der Waals surface area contributed by atoms with Crippen LogP contribution in [0.4, 0.5) is 14.9 Å². The average molecular weight is 608 g/mol. The first-order chi connectivity index (χ1) is 21.5. The van der Waals surface area contributed by atoms with Crippen molar-refractivity contribution in [2.45, 2.75) is 68.9 Å². The number of hydrogen-bond acceptors (Lipinski definition) is 9. The van der Waals surface area contributed by atoms with Crippen molar-refractivity contribution in [3.8, 4) is 5.75 Å². The van der Waals surface area contributed by atoms with E-state index in [1.54, 1.807) is 12.3 Å². The van der Waals surface area contributed by atoms with Crippen LogP contribution in [0.5, 0.6) is 5.75 Å². The van der Waals surface area contributed by atoms with Crippen LogP contribution in [0.2, 0.25) is 0 Å². The Morgan fingerprint density at radius 2 is 1.57 bits per heavy atom. The maximum atomic E-state index is 15.7. The van der Waals surface area contributed by atoms with Gasteiger partial charge in [0.05, 0.1) is 34.9 Å². The first kappa shape index (κ1) is 29.5. The quantitative estimate of drug-likeness (QED) is 0.379. The Hall–Kier alpha value is -3.25. The van der Waals surface area contributed by atoms with Crippen LogP contribution in [0.15, 0.2) is 47.4 Å². The summed E-state index contributed by atoms with van der Waals surface area (Å²) in [4.78, 5) is 33.2. The van der Waals surface area contributed by atoms with Gasteiger partial charge in [-0.05, 0) is 44.2 Å². The van der Waals surface area contributed by atoms with Crippen molar-refractivity contribution < 1.29 is 23.8 Å². The number of halogens is 1. The van der Waals surface area contributed by atoms with E-state index < -0.39 is 17.4 Å². The summed E-state index contributed by atoms with van der Waals surface area (Å²) in [7, 11) is 0. The van der Waals surface area contributed by atoms with E-state index in [1.165, 1.54) is 6.07 Å². The molecule has 236 valence electrons. The summed E-state index contributed by atoms with van der Waals surface area (Å²) in [6.07, 6.45) is 13.0. The molecule has 5 aliphatic rings. The molecule has 7 rings (SSSR count). The molecule has 44 heavy (non-hydrogen) atoms. The zero-order chi connectivity index (χ0) is 30.2. The zero-order valence-corrected chi connectivity index (χ0v) is 25.1. The molecule has 0 amide bonds. The number of ether oxygens (including phenoxy) is 2. The fourth-order valence-electron chi connectivity index (χ4n) is 7.31. The molecule has 1 aromatic heterocycles. The molecule has 0 spiro atoms. The highest BCUT2D eigenvalue weighted by Gasteiger charge is 2.34. The minimum atomic E-state index is -0.905. The molecule has 1 aromatic carbocycles. The van der Waals surface area contributed by atoms with E-state index in [9.17, 15) is 14.7 Å². The van der Waals surface area contributed by atoms with Gasteiger partial charge >= 0.3 is 6.16 Å². The molecule has 2 N–H and O–H groups in total. The maximum absolute atomic E-state index is 15.7. The van der Waals surface area contributed by atoms with Gasteiger partial charge in [0.2, 0.25) is 5.43 Å². The smallest absolute Gasteiger partial charge is 0.429 e. The molecule has 3 aliphatic carbocycles. The van der Waals surface area contributed by atoms with Gasteiger partial charge < -0.3 is 29.4 Å². The third-order valence-electron chi connectivity index (χ3n) is 9.90. The molecular formula is C33H42FN5O5. The van der Waals surface area contributed by atoms with Crippen molar-refractivity contribution in [3.63, 3.8) is 0 Å². The molecule has 11 heteroatoms. The lowest BCUT2D eigenvalue weighted by molar-refractivity contribution is 0.00110. The third kappa shape index (κ3) is 6.02. The Labute approximate surface area is 256 Å². The number of nitrogens with zero attached hydrogens (tertiary/aromatic N) is 4. The zero-order valence-electron chi connectivity index (χ0n) is 25.1. The number of rotatable bonds is 6. The maximum Gasteiger partial charge on any atom is 0.514 e. The molecule has 3 fully saturated rings. The van der Waals surface area contributed by atoms with Gasteiger partial charge in [0.15, 0.2) is 5.75 Å². The van der Waals surface area contributed by atoms with Crippen LogP contribution in [0.1, 0.15) is 44.6 Å². The third-order valence-corrected chi connectivity index (χ3v) is 9.90. The first-order valence-corrected chi connectivity index (χ1v) is 16.1. The van der Waals surface area contributed by atoms with Gasteiger partial charge in [0.1, 0.15) is 11.9 Å². The number of pyridine rings is 1. The van der Waals surface area contributed by atoms with Gasteiger partial charge in [-0.25, -0.2) is 9.18 Å². The van der Waals surface area contributed by atoms with Crippen LogP contribution in [0.3, 0.4) is 0 Å². The van der Waals surface area contributed by atoms with Gasteiger partial charge in [-0.2, -0.15) is 0 Å². The van der Waals surface area contributed by atoms with E-state index in [4.69, 9.17) is 9.47 Å². The van der Waals surface area contributed by atoms with Crippen LogP contribution >= 0.6 is 0 Å². The predicted molar refractivity (Wildman–Crippen MR) is 166 cm³/mol. The van der Waals surface area contributed by atoms with E-state index in [0.29, 0.717) is 37.1 Å². The highest BCUT2D eigenvalue weighted by molar-refractivity contribution is 5.85.